The summed E-state index contributed by atoms with van der Waals surface area (Å²) >= 11 is 2.51. The van der Waals surface area contributed by atoms with Crippen molar-refractivity contribution in [2.24, 2.45) is 11.1 Å². The average molecular weight is 617 g/mol. The number of carbonyl (C=O) groups excluding carboxylic acids is 2. The molecular weight excluding hydrogens is 585 g/mol. The van der Waals surface area contributed by atoms with Gasteiger partial charge in [-0.3, -0.25) is 14.5 Å². The third-order valence-electron chi connectivity index (χ3n) is 7.34. The first-order valence-electron chi connectivity index (χ1n) is 13.6. The number of nitriles is 1. The maximum absolute atomic E-state index is 13.8. The number of methoxy groups -OCH3 is 2. The summed E-state index contributed by atoms with van der Waals surface area (Å²) in [6, 6.07) is 15.2. The molecule has 2 aromatic carbocycles. The lowest BCUT2D eigenvalue weighted by molar-refractivity contribution is -0.118. The van der Waals surface area contributed by atoms with Gasteiger partial charge >= 0.3 is 0 Å². The Morgan fingerprint density at radius 3 is 2.65 bits per heavy atom. The molecule has 222 valence electrons. The third-order valence-corrected chi connectivity index (χ3v) is 9.38. The lowest BCUT2D eigenvalue weighted by Gasteiger charge is -2.42. The summed E-state index contributed by atoms with van der Waals surface area (Å²) in [5, 5.41) is 22.4. The van der Waals surface area contributed by atoms with Gasteiger partial charge in [-0.05, 0) is 54.2 Å². The first-order chi connectivity index (χ1) is 20.5. The van der Waals surface area contributed by atoms with E-state index < -0.39 is 5.92 Å². The van der Waals surface area contributed by atoms with Gasteiger partial charge in [0.1, 0.15) is 5.82 Å². The fourth-order valence-electron chi connectivity index (χ4n) is 5.49. The SMILES string of the molecule is COc1ccc(C2C(C#N)=C(N)N(c3nnc(SCC(=O)Nc4cccc(C)c4)s3)C3=C2C(=O)CC(C)(C)C3)cc1OC. The Kier molecular flexibility index (Phi) is 8.48. The largest absolute Gasteiger partial charge is 0.493 e. The summed E-state index contributed by atoms with van der Waals surface area (Å²) in [6.07, 6.45) is 0.869. The van der Waals surface area contributed by atoms with E-state index >= 15 is 0 Å². The molecule has 3 N–H and O–H groups in total. The minimum Gasteiger partial charge on any atom is -0.493 e. The van der Waals surface area contributed by atoms with E-state index in [2.05, 4.69) is 21.6 Å². The predicted molar refractivity (Wildman–Crippen MR) is 167 cm³/mol. The number of ether oxygens (including phenoxy) is 2. The minimum absolute atomic E-state index is 0.0526. The van der Waals surface area contributed by atoms with Crippen molar-refractivity contribution in [3.8, 4) is 17.6 Å². The number of nitrogens with two attached hydrogens (primary N) is 1. The molecule has 0 fully saturated rings. The number of aryl methyl sites for hydroxylation is 1. The predicted octanol–water partition coefficient (Wildman–Crippen LogP) is 5.54. The van der Waals surface area contributed by atoms with Gasteiger partial charge in [-0.25, -0.2) is 0 Å². The monoisotopic (exact) mass is 616 g/mol. The van der Waals surface area contributed by atoms with Crippen molar-refractivity contribution in [3.63, 3.8) is 0 Å². The quantitative estimate of drug-likeness (QED) is 0.310. The Labute approximate surface area is 258 Å². The van der Waals surface area contributed by atoms with Gasteiger partial charge in [0.15, 0.2) is 21.6 Å². The highest BCUT2D eigenvalue weighted by Gasteiger charge is 2.45. The molecule has 1 aromatic heterocycles. The summed E-state index contributed by atoms with van der Waals surface area (Å²) in [5.74, 6) is 0.459. The van der Waals surface area contributed by atoms with Crippen molar-refractivity contribution in [1.82, 2.24) is 10.2 Å². The molecule has 43 heavy (non-hydrogen) atoms. The van der Waals surface area contributed by atoms with Gasteiger partial charge in [-0.15, -0.1) is 10.2 Å². The number of benzene rings is 2. The van der Waals surface area contributed by atoms with Gasteiger partial charge in [0.2, 0.25) is 11.0 Å². The number of anilines is 2. The molecule has 0 spiro atoms. The van der Waals surface area contributed by atoms with Gasteiger partial charge in [0.25, 0.3) is 0 Å². The molecular formula is C31H32N6O4S2. The smallest absolute Gasteiger partial charge is 0.234 e. The van der Waals surface area contributed by atoms with Crippen LogP contribution in [0.3, 0.4) is 0 Å². The van der Waals surface area contributed by atoms with Gasteiger partial charge in [-0.2, -0.15) is 5.26 Å². The second-order valence-corrected chi connectivity index (χ2v) is 13.3. The number of thioether (sulfide) groups is 1. The molecule has 5 rings (SSSR count). The molecule has 2 aliphatic rings. The van der Waals surface area contributed by atoms with E-state index in [1.807, 2.05) is 51.1 Å². The number of rotatable bonds is 8. The van der Waals surface area contributed by atoms with Crippen LogP contribution in [-0.2, 0) is 9.59 Å². The minimum atomic E-state index is -0.674. The van der Waals surface area contributed by atoms with Crippen molar-refractivity contribution in [3.05, 3.63) is 76.3 Å². The molecule has 1 atom stereocenters. The molecule has 1 unspecified atom stereocenters. The number of hydrogen-bond acceptors (Lipinski definition) is 11. The normalized spacial score (nSPS) is 17.8. The van der Waals surface area contributed by atoms with Crippen LogP contribution in [0.5, 0.6) is 11.5 Å². The Hall–Kier alpha value is -4.34. The lowest BCUT2D eigenvalue weighted by atomic mass is 9.68. The molecule has 12 heteroatoms. The Balaban J connectivity index is 1.49. The number of hydrogen-bond donors (Lipinski definition) is 2. The Morgan fingerprint density at radius 1 is 1.19 bits per heavy atom. The summed E-state index contributed by atoms with van der Waals surface area (Å²) < 4.78 is 11.5. The number of nitrogens with one attached hydrogen (secondary N) is 1. The van der Waals surface area contributed by atoms with Crippen molar-refractivity contribution >= 4 is 45.6 Å². The molecule has 10 nitrogen and oxygen atoms in total. The zero-order chi connectivity index (χ0) is 30.9. The number of Topliss-reactive ketones (excluding diaryl/α,β-unsaturated/α-hetero) is 1. The van der Waals surface area contributed by atoms with Crippen LogP contribution in [0.1, 0.15) is 43.7 Å². The van der Waals surface area contributed by atoms with Crippen molar-refractivity contribution < 1.29 is 19.1 Å². The lowest BCUT2D eigenvalue weighted by Crippen LogP contribution is -2.42. The second kappa shape index (κ2) is 12.1. The number of ketones is 1. The maximum atomic E-state index is 13.8. The number of nitrogens with zero attached hydrogens (tertiary/aromatic N) is 4. The zero-order valence-corrected chi connectivity index (χ0v) is 26.2. The van der Waals surface area contributed by atoms with E-state index in [0.29, 0.717) is 50.6 Å². The molecule has 0 bridgehead atoms. The number of amides is 1. The van der Waals surface area contributed by atoms with E-state index in [-0.39, 0.29) is 34.3 Å². The first kappa shape index (κ1) is 30.1. The summed E-state index contributed by atoms with van der Waals surface area (Å²) in [6.45, 7) is 6.03. The molecule has 1 aliphatic carbocycles. The van der Waals surface area contributed by atoms with E-state index in [1.54, 1.807) is 24.1 Å². The van der Waals surface area contributed by atoms with Crippen LogP contribution in [0.2, 0.25) is 0 Å². The second-order valence-electron chi connectivity index (χ2n) is 11.2. The number of allylic oxidation sites excluding steroid dienone is 3. The van der Waals surface area contributed by atoms with Crippen LogP contribution < -0.4 is 25.4 Å². The topological polar surface area (TPSA) is 143 Å². The zero-order valence-electron chi connectivity index (χ0n) is 24.6. The van der Waals surface area contributed by atoms with Crippen molar-refractivity contribution in [1.29, 1.82) is 5.26 Å². The van der Waals surface area contributed by atoms with E-state index in [1.165, 1.54) is 30.2 Å². The molecule has 2 heterocycles. The maximum Gasteiger partial charge on any atom is 0.234 e. The van der Waals surface area contributed by atoms with E-state index in [4.69, 9.17) is 15.2 Å². The average Bonchev–Trinajstić information content (AvgIpc) is 3.43. The first-order valence-corrected chi connectivity index (χ1v) is 15.4. The number of carbonyl (C=O) groups is 2. The third kappa shape index (κ3) is 6.09. The molecule has 3 aromatic rings. The summed E-state index contributed by atoms with van der Waals surface area (Å²) in [7, 11) is 3.09. The van der Waals surface area contributed by atoms with Crippen LogP contribution >= 0.6 is 23.1 Å². The van der Waals surface area contributed by atoms with Gasteiger partial charge in [0, 0.05) is 23.4 Å². The van der Waals surface area contributed by atoms with Gasteiger partial charge in [0.05, 0.1) is 37.5 Å². The molecule has 1 aliphatic heterocycles. The highest BCUT2D eigenvalue weighted by molar-refractivity contribution is 8.01. The van der Waals surface area contributed by atoms with E-state index in [9.17, 15) is 14.9 Å². The highest BCUT2D eigenvalue weighted by atomic mass is 32.2. The summed E-state index contributed by atoms with van der Waals surface area (Å²) in [4.78, 5) is 28.1. The molecule has 0 radical (unpaired) electrons. The Bertz CT molecular complexity index is 1700. The fraction of sp³-hybridized carbons (Fsp3) is 0.323. The fourth-order valence-corrected chi connectivity index (χ4v) is 7.17. The number of aromatic nitrogens is 2. The van der Waals surface area contributed by atoms with Crippen LogP contribution in [0.15, 0.2) is 69.5 Å². The van der Waals surface area contributed by atoms with Gasteiger partial charge < -0.3 is 20.5 Å². The molecule has 0 saturated heterocycles. The summed E-state index contributed by atoms with van der Waals surface area (Å²) in [5.41, 5.74) is 10.3. The van der Waals surface area contributed by atoms with Crippen LogP contribution in [0.25, 0.3) is 0 Å². The van der Waals surface area contributed by atoms with E-state index in [0.717, 1.165) is 11.3 Å². The van der Waals surface area contributed by atoms with Crippen molar-refractivity contribution in [2.75, 3.05) is 30.2 Å². The van der Waals surface area contributed by atoms with Crippen LogP contribution in [0.4, 0.5) is 10.8 Å². The standard InChI is InChI=1S/C31H32N6O4S2/c1-17-7-6-8-19(11-17)34-25(39)16-42-30-36-35-29(43-30)37-21-13-31(2,3)14-22(38)27(21)26(20(15-32)28(37)33)18-9-10-23(40-4)24(12-18)41-5/h6-12,26H,13-14,16,33H2,1-5H3,(H,34,39). The van der Waals surface area contributed by atoms with Crippen LogP contribution in [0, 0.1) is 23.7 Å². The van der Waals surface area contributed by atoms with Gasteiger partial charge in [-0.1, -0.05) is 55.1 Å². The highest BCUT2D eigenvalue weighted by Crippen LogP contribution is 2.51. The molecule has 0 saturated carbocycles. The Morgan fingerprint density at radius 2 is 1.95 bits per heavy atom. The van der Waals surface area contributed by atoms with Crippen molar-refractivity contribution in [2.45, 2.75) is 43.9 Å². The van der Waals surface area contributed by atoms with Crippen LogP contribution in [-0.4, -0.2) is 41.9 Å². The molecule has 1 amide bonds.